The van der Waals surface area contributed by atoms with Gasteiger partial charge in [-0.05, 0) is 36.8 Å². The molecule has 28 heavy (non-hydrogen) atoms. The van der Waals surface area contributed by atoms with E-state index in [0.717, 1.165) is 22.5 Å². The minimum Gasteiger partial charge on any atom is -0.267 e. The van der Waals surface area contributed by atoms with Crippen molar-refractivity contribution in [3.05, 3.63) is 68.9 Å². The van der Waals surface area contributed by atoms with E-state index in [9.17, 15) is 13.2 Å². The standard InChI is InChI=1S/C18H13ClN4O3S2/c1-10-2-3-11(19)8-14(10)16-13-5-4-12(9-15(13)17(24)22-21-16)28(25,26)23-18-20-6-7-27-18/h2-9H,1H3,(H,20,23)(H,22,24). The summed E-state index contributed by atoms with van der Waals surface area (Å²) >= 11 is 7.27. The Labute approximate surface area is 169 Å². The van der Waals surface area contributed by atoms with E-state index in [2.05, 4.69) is 19.9 Å². The van der Waals surface area contributed by atoms with Crippen LogP contribution in [0.25, 0.3) is 22.0 Å². The van der Waals surface area contributed by atoms with Gasteiger partial charge in [-0.1, -0.05) is 23.7 Å². The van der Waals surface area contributed by atoms with Crippen molar-refractivity contribution in [1.82, 2.24) is 15.2 Å². The zero-order valence-corrected chi connectivity index (χ0v) is 16.8. The van der Waals surface area contributed by atoms with Gasteiger partial charge >= 0.3 is 0 Å². The Bertz CT molecular complexity index is 1350. The van der Waals surface area contributed by atoms with Gasteiger partial charge in [0.1, 0.15) is 0 Å². The molecule has 2 N–H and O–H groups in total. The number of nitrogens with zero attached hydrogens (tertiary/aromatic N) is 2. The SMILES string of the molecule is Cc1ccc(Cl)cc1-c1n[nH]c(=O)c2cc(S(=O)(=O)Nc3nccs3)ccc12. The zero-order chi connectivity index (χ0) is 19.9. The van der Waals surface area contributed by atoms with Crippen LogP contribution >= 0.6 is 22.9 Å². The molecule has 0 saturated heterocycles. The highest BCUT2D eigenvalue weighted by atomic mass is 35.5. The first-order valence-corrected chi connectivity index (χ1v) is 10.8. The van der Waals surface area contributed by atoms with Crippen molar-refractivity contribution >= 4 is 48.9 Å². The van der Waals surface area contributed by atoms with Gasteiger partial charge in [0, 0.05) is 27.5 Å². The molecule has 0 aliphatic carbocycles. The van der Waals surface area contributed by atoms with Gasteiger partial charge in [0.2, 0.25) is 0 Å². The van der Waals surface area contributed by atoms with Gasteiger partial charge in [0.15, 0.2) is 5.13 Å². The number of sulfonamides is 1. The molecule has 0 aliphatic heterocycles. The maximum Gasteiger partial charge on any atom is 0.272 e. The lowest BCUT2D eigenvalue weighted by atomic mass is 10.0. The molecule has 0 fully saturated rings. The summed E-state index contributed by atoms with van der Waals surface area (Å²) in [5, 5.41) is 9.79. The molecule has 2 heterocycles. The van der Waals surface area contributed by atoms with Gasteiger partial charge in [-0.25, -0.2) is 18.5 Å². The number of halogens is 1. The molecule has 0 spiro atoms. The average molecular weight is 433 g/mol. The Balaban J connectivity index is 1.88. The third-order valence-electron chi connectivity index (χ3n) is 4.18. The van der Waals surface area contributed by atoms with Crippen LogP contribution in [-0.2, 0) is 10.0 Å². The predicted molar refractivity (Wildman–Crippen MR) is 110 cm³/mol. The number of rotatable bonds is 4. The van der Waals surface area contributed by atoms with E-state index in [1.54, 1.807) is 23.6 Å². The summed E-state index contributed by atoms with van der Waals surface area (Å²) in [5.41, 5.74) is 1.72. The average Bonchev–Trinajstić information content (AvgIpc) is 3.16. The Morgan fingerprint density at radius 1 is 1.14 bits per heavy atom. The number of aromatic nitrogens is 3. The van der Waals surface area contributed by atoms with E-state index in [1.807, 2.05) is 13.0 Å². The molecular weight excluding hydrogens is 420 g/mol. The maximum atomic E-state index is 12.6. The number of thiazole rings is 1. The van der Waals surface area contributed by atoms with Gasteiger partial charge in [-0.3, -0.25) is 9.52 Å². The first-order valence-electron chi connectivity index (χ1n) is 8.06. The van der Waals surface area contributed by atoms with E-state index < -0.39 is 15.6 Å². The van der Waals surface area contributed by atoms with Crippen molar-refractivity contribution in [2.24, 2.45) is 0 Å². The molecule has 0 bridgehead atoms. The van der Waals surface area contributed by atoms with Crippen LogP contribution in [0.5, 0.6) is 0 Å². The van der Waals surface area contributed by atoms with Gasteiger partial charge in [-0.2, -0.15) is 5.10 Å². The molecule has 0 aliphatic rings. The Morgan fingerprint density at radius 2 is 1.96 bits per heavy atom. The summed E-state index contributed by atoms with van der Waals surface area (Å²) in [6.07, 6.45) is 1.50. The van der Waals surface area contributed by atoms with Crippen molar-refractivity contribution in [3.8, 4) is 11.3 Å². The van der Waals surface area contributed by atoms with Gasteiger partial charge < -0.3 is 0 Å². The minimum absolute atomic E-state index is 0.0410. The lowest BCUT2D eigenvalue weighted by Gasteiger charge is -2.10. The lowest BCUT2D eigenvalue weighted by molar-refractivity contribution is 0.601. The fourth-order valence-electron chi connectivity index (χ4n) is 2.81. The normalized spacial score (nSPS) is 11.6. The van der Waals surface area contributed by atoms with Crippen molar-refractivity contribution in [2.75, 3.05) is 4.72 Å². The summed E-state index contributed by atoms with van der Waals surface area (Å²) in [6, 6.07) is 9.71. The molecule has 142 valence electrons. The summed E-state index contributed by atoms with van der Waals surface area (Å²) in [7, 11) is -3.88. The predicted octanol–water partition coefficient (Wildman–Crippen LogP) is 3.81. The second-order valence-corrected chi connectivity index (χ2v) is 9.02. The van der Waals surface area contributed by atoms with Crippen LogP contribution in [0, 0.1) is 6.92 Å². The van der Waals surface area contributed by atoms with E-state index in [0.29, 0.717) is 16.1 Å². The highest BCUT2D eigenvalue weighted by Crippen LogP contribution is 2.30. The van der Waals surface area contributed by atoms with E-state index in [1.165, 1.54) is 18.3 Å². The third kappa shape index (κ3) is 3.39. The molecule has 0 amide bonds. The zero-order valence-electron chi connectivity index (χ0n) is 14.4. The Kier molecular flexibility index (Phi) is 4.66. The van der Waals surface area contributed by atoms with Crippen molar-refractivity contribution in [2.45, 2.75) is 11.8 Å². The maximum absolute atomic E-state index is 12.6. The van der Waals surface area contributed by atoms with Crippen LogP contribution in [0.2, 0.25) is 5.02 Å². The van der Waals surface area contributed by atoms with Gasteiger partial charge in [-0.15, -0.1) is 11.3 Å². The second-order valence-electron chi connectivity index (χ2n) is 6.01. The second kappa shape index (κ2) is 7.01. The fourth-order valence-corrected chi connectivity index (χ4v) is 4.80. The van der Waals surface area contributed by atoms with Crippen LogP contribution in [-0.4, -0.2) is 23.6 Å². The topological polar surface area (TPSA) is 105 Å². The van der Waals surface area contributed by atoms with E-state index >= 15 is 0 Å². The number of nitrogens with one attached hydrogen (secondary N) is 2. The van der Waals surface area contributed by atoms with Crippen LogP contribution in [0.4, 0.5) is 5.13 Å². The van der Waals surface area contributed by atoms with Crippen LogP contribution < -0.4 is 10.3 Å². The summed E-state index contributed by atoms with van der Waals surface area (Å²) in [5.74, 6) is 0. The van der Waals surface area contributed by atoms with Crippen molar-refractivity contribution in [1.29, 1.82) is 0 Å². The molecule has 0 atom stereocenters. The molecule has 0 saturated carbocycles. The summed E-state index contributed by atoms with van der Waals surface area (Å²) < 4.78 is 27.6. The molecule has 4 rings (SSSR count). The minimum atomic E-state index is -3.88. The van der Waals surface area contributed by atoms with Gasteiger partial charge in [0.05, 0.1) is 16.0 Å². The fraction of sp³-hybridized carbons (Fsp3) is 0.0556. The molecule has 2 aromatic heterocycles. The number of aryl methyl sites for hydroxylation is 1. The van der Waals surface area contributed by atoms with E-state index in [-0.39, 0.29) is 15.4 Å². The molecule has 10 heteroatoms. The molecule has 7 nitrogen and oxygen atoms in total. The number of hydrogen-bond acceptors (Lipinski definition) is 6. The van der Waals surface area contributed by atoms with Crippen LogP contribution in [0.1, 0.15) is 5.56 Å². The summed E-state index contributed by atoms with van der Waals surface area (Å²) in [4.78, 5) is 16.2. The number of fused-ring (bicyclic) bond motifs is 1. The first kappa shape index (κ1) is 18.6. The van der Waals surface area contributed by atoms with Crippen molar-refractivity contribution in [3.63, 3.8) is 0 Å². The molecular formula is C18H13ClN4O3S2. The Morgan fingerprint density at radius 3 is 2.71 bits per heavy atom. The third-order valence-corrected chi connectivity index (χ3v) is 6.57. The number of hydrogen-bond donors (Lipinski definition) is 2. The molecule has 2 aromatic carbocycles. The molecule has 0 unspecified atom stereocenters. The van der Waals surface area contributed by atoms with E-state index in [4.69, 9.17) is 11.6 Å². The number of H-pyrrole nitrogens is 1. The number of benzene rings is 2. The molecule has 4 aromatic rings. The van der Waals surface area contributed by atoms with Crippen LogP contribution in [0.15, 0.2) is 57.7 Å². The van der Waals surface area contributed by atoms with Crippen molar-refractivity contribution < 1.29 is 8.42 Å². The number of anilines is 1. The summed E-state index contributed by atoms with van der Waals surface area (Å²) in [6.45, 7) is 1.90. The monoisotopic (exact) mass is 432 g/mol. The van der Waals surface area contributed by atoms with Crippen LogP contribution in [0.3, 0.4) is 0 Å². The number of aromatic amines is 1. The molecule has 0 radical (unpaired) electrons. The highest BCUT2D eigenvalue weighted by molar-refractivity contribution is 7.93. The first-order chi connectivity index (χ1) is 13.3. The quantitative estimate of drug-likeness (QED) is 0.510. The smallest absolute Gasteiger partial charge is 0.267 e. The van der Waals surface area contributed by atoms with Gasteiger partial charge in [0.25, 0.3) is 15.6 Å². The largest absolute Gasteiger partial charge is 0.272 e. The highest BCUT2D eigenvalue weighted by Gasteiger charge is 2.19. The Hall–Kier alpha value is -2.75. The lowest BCUT2D eigenvalue weighted by Crippen LogP contribution is -2.15.